The highest BCUT2D eigenvalue weighted by atomic mass is 32.2. The molecule has 162 valence electrons. The largest absolute Gasteiger partial charge is 0.364 e. The Morgan fingerprint density at radius 2 is 2.10 bits per heavy atom. The number of hydrogen-bond acceptors (Lipinski definition) is 8. The number of anilines is 1. The van der Waals surface area contributed by atoms with E-state index in [1.165, 1.54) is 22.0 Å². The van der Waals surface area contributed by atoms with Gasteiger partial charge in [0.15, 0.2) is 17.0 Å². The van der Waals surface area contributed by atoms with Gasteiger partial charge < -0.3 is 10.1 Å². The number of rotatable bonds is 7. The number of fused-ring (bicyclic) bond motifs is 2. The second-order valence-electron chi connectivity index (χ2n) is 7.34. The summed E-state index contributed by atoms with van der Waals surface area (Å²) in [5.41, 5.74) is 2.53. The van der Waals surface area contributed by atoms with Crippen LogP contribution in [0.3, 0.4) is 0 Å². The van der Waals surface area contributed by atoms with E-state index in [1.807, 2.05) is 16.7 Å². The maximum Gasteiger partial charge on any atom is 0.274 e. The second kappa shape index (κ2) is 8.13. The van der Waals surface area contributed by atoms with Crippen molar-refractivity contribution in [3.8, 4) is 0 Å². The lowest BCUT2D eigenvalue weighted by Crippen LogP contribution is -2.36. The van der Waals surface area contributed by atoms with Gasteiger partial charge in [-0.1, -0.05) is 18.2 Å². The first kappa shape index (κ1) is 20.3. The minimum absolute atomic E-state index is 0.137. The van der Waals surface area contributed by atoms with Gasteiger partial charge in [-0.2, -0.15) is 13.1 Å². The van der Waals surface area contributed by atoms with Crippen LogP contribution >= 0.6 is 11.3 Å². The third-order valence-electron chi connectivity index (χ3n) is 5.27. The molecule has 31 heavy (non-hydrogen) atoms. The molecule has 0 aliphatic carbocycles. The number of ether oxygens (including phenoxy) is 1. The van der Waals surface area contributed by atoms with Crippen LogP contribution in [0.1, 0.15) is 24.6 Å². The van der Waals surface area contributed by atoms with Gasteiger partial charge in [0.1, 0.15) is 12.6 Å². The number of aromatic nitrogens is 4. The summed E-state index contributed by atoms with van der Waals surface area (Å²) in [6.07, 6.45) is 4.08. The van der Waals surface area contributed by atoms with E-state index in [0.29, 0.717) is 29.9 Å². The van der Waals surface area contributed by atoms with Crippen molar-refractivity contribution in [1.82, 2.24) is 24.2 Å². The van der Waals surface area contributed by atoms with Gasteiger partial charge in [-0.05, 0) is 35.2 Å². The summed E-state index contributed by atoms with van der Waals surface area (Å²) in [6.45, 7) is 0.766. The monoisotopic (exact) mass is 459 g/mol. The molecule has 1 fully saturated rings. The van der Waals surface area contributed by atoms with Crippen molar-refractivity contribution < 1.29 is 13.2 Å². The molecule has 4 N–H and O–H groups in total. The van der Waals surface area contributed by atoms with Crippen LogP contribution in [0, 0.1) is 0 Å². The van der Waals surface area contributed by atoms with E-state index in [2.05, 4.69) is 42.5 Å². The summed E-state index contributed by atoms with van der Waals surface area (Å²) < 4.78 is 33.6. The van der Waals surface area contributed by atoms with Gasteiger partial charge in [0.2, 0.25) is 0 Å². The summed E-state index contributed by atoms with van der Waals surface area (Å²) in [4.78, 5) is 13.3. The van der Waals surface area contributed by atoms with E-state index >= 15 is 0 Å². The predicted octanol–water partition coefficient (Wildman–Crippen LogP) is 2.12. The number of benzene rings is 1. The van der Waals surface area contributed by atoms with Crippen molar-refractivity contribution in [2.24, 2.45) is 5.14 Å². The number of imidazole rings is 1. The molecule has 2 atom stereocenters. The van der Waals surface area contributed by atoms with Crippen LogP contribution in [0.25, 0.3) is 21.3 Å². The second-order valence-corrected chi connectivity index (χ2v) is 9.63. The van der Waals surface area contributed by atoms with Crippen LogP contribution in [0.15, 0.2) is 42.3 Å². The normalized spacial score (nSPS) is 19.4. The van der Waals surface area contributed by atoms with Crippen molar-refractivity contribution in [2.45, 2.75) is 31.7 Å². The first-order valence-electron chi connectivity index (χ1n) is 9.77. The topological polar surface area (TPSA) is 137 Å². The standard InChI is InChI=1S/C19H21N7O3S2/c20-31(27,28)25-8-13-5-6-16(29-13)26-11-24-17-18(22-10-23-19(17)26)21-7-12-9-30-15-4-2-1-3-14(12)15/h1-4,9-11,13,16,25H,5-8H2,(H2,20,27,28)(H,21,22,23)/t13-,16+/m0/s1. The molecule has 0 unspecified atom stereocenters. The van der Waals surface area contributed by atoms with E-state index in [4.69, 9.17) is 9.88 Å². The first-order valence-corrected chi connectivity index (χ1v) is 12.2. The Kier molecular flexibility index (Phi) is 5.32. The minimum Gasteiger partial charge on any atom is -0.364 e. The van der Waals surface area contributed by atoms with Crippen molar-refractivity contribution in [3.05, 3.63) is 47.9 Å². The van der Waals surface area contributed by atoms with E-state index in [1.54, 1.807) is 17.7 Å². The molecular weight excluding hydrogens is 438 g/mol. The average molecular weight is 460 g/mol. The van der Waals surface area contributed by atoms with Gasteiger partial charge in [-0.3, -0.25) is 4.57 Å². The molecule has 3 aromatic heterocycles. The Labute approximate surface area is 182 Å². The van der Waals surface area contributed by atoms with Crippen LogP contribution in [-0.4, -0.2) is 40.6 Å². The molecule has 0 radical (unpaired) electrons. The van der Waals surface area contributed by atoms with Gasteiger partial charge >= 0.3 is 0 Å². The van der Waals surface area contributed by atoms with Gasteiger partial charge in [0.05, 0.1) is 12.4 Å². The van der Waals surface area contributed by atoms with E-state index in [9.17, 15) is 8.42 Å². The molecular formula is C19H21N7O3S2. The highest BCUT2D eigenvalue weighted by Crippen LogP contribution is 2.31. The fourth-order valence-corrected chi connectivity index (χ4v) is 5.17. The number of nitrogens with zero attached hydrogens (tertiary/aromatic N) is 4. The van der Waals surface area contributed by atoms with Crippen LogP contribution in [0.2, 0.25) is 0 Å². The van der Waals surface area contributed by atoms with Crippen molar-refractivity contribution >= 4 is 48.6 Å². The third kappa shape index (κ3) is 4.25. The first-order chi connectivity index (χ1) is 15.0. The fourth-order valence-electron chi connectivity index (χ4n) is 3.79. The SMILES string of the molecule is NS(=O)(=O)NC[C@@H]1CC[C@H](n2cnc3c(NCc4csc5ccccc45)ncnc32)O1. The Bertz CT molecular complexity index is 1330. The lowest BCUT2D eigenvalue weighted by atomic mass is 10.2. The Morgan fingerprint density at radius 1 is 1.23 bits per heavy atom. The molecule has 4 heterocycles. The van der Waals surface area contributed by atoms with Crippen LogP contribution < -0.4 is 15.2 Å². The molecule has 5 rings (SSSR count). The third-order valence-corrected chi connectivity index (χ3v) is 6.86. The summed E-state index contributed by atoms with van der Waals surface area (Å²) in [6, 6.07) is 8.31. The van der Waals surface area contributed by atoms with E-state index < -0.39 is 10.2 Å². The van der Waals surface area contributed by atoms with Crippen LogP contribution in [0.4, 0.5) is 5.82 Å². The lowest BCUT2D eigenvalue weighted by molar-refractivity contribution is 0.00711. The molecule has 12 heteroatoms. The van der Waals surface area contributed by atoms with Gasteiger partial charge in [-0.15, -0.1) is 11.3 Å². The molecule has 1 aliphatic rings. The Balaban J connectivity index is 1.32. The quantitative estimate of drug-likeness (QED) is 0.385. The number of hydrogen-bond donors (Lipinski definition) is 3. The average Bonchev–Trinajstić information content (AvgIpc) is 3.48. The number of nitrogens with one attached hydrogen (secondary N) is 2. The molecule has 0 spiro atoms. The van der Waals surface area contributed by atoms with Crippen molar-refractivity contribution in [2.75, 3.05) is 11.9 Å². The molecule has 0 bridgehead atoms. The minimum atomic E-state index is -3.74. The summed E-state index contributed by atoms with van der Waals surface area (Å²) in [7, 11) is -3.74. The van der Waals surface area contributed by atoms with Gasteiger partial charge in [0.25, 0.3) is 10.2 Å². The molecule has 0 amide bonds. The number of nitrogens with two attached hydrogens (primary N) is 1. The van der Waals surface area contributed by atoms with Crippen LogP contribution in [0.5, 0.6) is 0 Å². The molecule has 1 aliphatic heterocycles. The maximum atomic E-state index is 11.1. The zero-order valence-corrected chi connectivity index (χ0v) is 18.1. The van der Waals surface area contributed by atoms with E-state index in [0.717, 1.165) is 6.42 Å². The fraction of sp³-hybridized carbons (Fsp3) is 0.316. The molecule has 10 nitrogen and oxygen atoms in total. The molecule has 4 aromatic rings. The smallest absolute Gasteiger partial charge is 0.274 e. The molecule has 0 saturated carbocycles. The highest BCUT2D eigenvalue weighted by Gasteiger charge is 2.29. The van der Waals surface area contributed by atoms with Crippen molar-refractivity contribution in [3.63, 3.8) is 0 Å². The summed E-state index contributed by atoms with van der Waals surface area (Å²) in [5.74, 6) is 0.657. The van der Waals surface area contributed by atoms with Gasteiger partial charge in [-0.25, -0.2) is 20.1 Å². The summed E-state index contributed by atoms with van der Waals surface area (Å²) >= 11 is 1.72. The lowest BCUT2D eigenvalue weighted by Gasteiger charge is -2.15. The van der Waals surface area contributed by atoms with Crippen molar-refractivity contribution in [1.29, 1.82) is 0 Å². The van der Waals surface area contributed by atoms with Crippen LogP contribution in [-0.2, 0) is 21.5 Å². The molecule has 1 saturated heterocycles. The Hall–Kier alpha value is -2.64. The predicted molar refractivity (Wildman–Crippen MR) is 119 cm³/mol. The highest BCUT2D eigenvalue weighted by molar-refractivity contribution is 7.87. The Morgan fingerprint density at radius 3 is 2.97 bits per heavy atom. The summed E-state index contributed by atoms with van der Waals surface area (Å²) in [5, 5.41) is 11.8. The zero-order valence-electron chi connectivity index (χ0n) is 16.4. The van der Waals surface area contributed by atoms with Gasteiger partial charge in [0, 0.05) is 17.8 Å². The van der Waals surface area contributed by atoms with E-state index in [-0.39, 0.29) is 18.9 Å². The molecule has 1 aromatic carbocycles. The maximum absolute atomic E-state index is 11.1. The zero-order chi connectivity index (χ0) is 21.4. The number of thiophene rings is 1.